The van der Waals surface area contributed by atoms with Crippen molar-refractivity contribution in [3.05, 3.63) is 17.0 Å². The highest BCUT2D eigenvalue weighted by Gasteiger charge is 2.43. The molecule has 1 saturated heterocycles. The molecule has 23 heavy (non-hydrogen) atoms. The summed E-state index contributed by atoms with van der Waals surface area (Å²) < 4.78 is 16.3. The molecule has 126 valence electrons. The maximum atomic E-state index is 11.9. The van der Waals surface area contributed by atoms with Gasteiger partial charge in [-0.25, -0.2) is 9.59 Å². The van der Waals surface area contributed by atoms with Crippen molar-refractivity contribution in [2.24, 2.45) is 0 Å². The molecule has 2 heterocycles. The van der Waals surface area contributed by atoms with E-state index in [2.05, 4.69) is 15.4 Å². The number of nitrogens with one attached hydrogen (secondary N) is 2. The molecule has 1 atom stereocenters. The Labute approximate surface area is 138 Å². The van der Waals surface area contributed by atoms with Gasteiger partial charge in [-0.05, 0) is 18.9 Å². The smallest absolute Gasteiger partial charge is 0.338 e. The van der Waals surface area contributed by atoms with Crippen molar-refractivity contribution in [2.75, 3.05) is 25.6 Å². The summed E-state index contributed by atoms with van der Waals surface area (Å²) in [4.78, 5) is 23.3. The molecule has 1 spiro atoms. The summed E-state index contributed by atoms with van der Waals surface area (Å²) in [6.45, 7) is 0.897. The number of esters is 1. The van der Waals surface area contributed by atoms with Gasteiger partial charge < -0.3 is 19.5 Å². The van der Waals surface area contributed by atoms with Crippen molar-refractivity contribution >= 4 is 28.3 Å². The van der Waals surface area contributed by atoms with E-state index in [1.165, 1.54) is 18.4 Å². The van der Waals surface area contributed by atoms with E-state index in [4.69, 9.17) is 9.47 Å². The Morgan fingerprint density at radius 1 is 1.43 bits per heavy atom. The highest BCUT2D eigenvalue weighted by molar-refractivity contribution is 7.14. The lowest BCUT2D eigenvalue weighted by Gasteiger charge is -2.21. The number of carbonyl (C=O) groups is 2. The lowest BCUT2D eigenvalue weighted by atomic mass is 10.2. The van der Waals surface area contributed by atoms with Gasteiger partial charge in [0.2, 0.25) is 0 Å². The Morgan fingerprint density at radius 2 is 2.22 bits per heavy atom. The third kappa shape index (κ3) is 3.82. The molecule has 7 nitrogen and oxygen atoms in total. The monoisotopic (exact) mass is 340 g/mol. The minimum Gasteiger partial charge on any atom is -0.465 e. The van der Waals surface area contributed by atoms with E-state index in [1.54, 1.807) is 11.4 Å². The van der Waals surface area contributed by atoms with E-state index in [0.29, 0.717) is 23.7 Å². The van der Waals surface area contributed by atoms with Crippen LogP contribution in [-0.4, -0.2) is 44.2 Å². The van der Waals surface area contributed by atoms with Crippen LogP contribution in [0, 0.1) is 0 Å². The number of hydrogen-bond acceptors (Lipinski definition) is 6. The van der Waals surface area contributed by atoms with Crippen molar-refractivity contribution in [3.8, 4) is 0 Å². The summed E-state index contributed by atoms with van der Waals surface area (Å²) in [7, 11) is 1.32. The predicted octanol–water partition coefficient (Wildman–Crippen LogP) is 2.34. The second-order valence-electron chi connectivity index (χ2n) is 5.69. The van der Waals surface area contributed by atoms with Crippen LogP contribution in [0.15, 0.2) is 11.4 Å². The second kappa shape index (κ2) is 6.86. The van der Waals surface area contributed by atoms with Gasteiger partial charge in [-0.1, -0.05) is 0 Å². The Balaban J connectivity index is 1.43. The van der Waals surface area contributed by atoms with Gasteiger partial charge >= 0.3 is 12.0 Å². The summed E-state index contributed by atoms with van der Waals surface area (Å²) >= 11 is 1.27. The van der Waals surface area contributed by atoms with Gasteiger partial charge in [-0.15, -0.1) is 11.3 Å². The summed E-state index contributed by atoms with van der Waals surface area (Å²) in [5, 5.41) is 7.68. The van der Waals surface area contributed by atoms with Crippen LogP contribution in [0.5, 0.6) is 0 Å². The number of thiophene rings is 1. The van der Waals surface area contributed by atoms with Gasteiger partial charge in [0.25, 0.3) is 0 Å². The largest absolute Gasteiger partial charge is 0.465 e. The van der Waals surface area contributed by atoms with Crippen molar-refractivity contribution in [1.29, 1.82) is 0 Å². The molecule has 1 saturated carbocycles. The molecule has 2 N–H and O–H groups in total. The summed E-state index contributed by atoms with van der Waals surface area (Å²) in [5.74, 6) is -0.834. The van der Waals surface area contributed by atoms with Gasteiger partial charge in [0.05, 0.1) is 24.3 Å². The summed E-state index contributed by atoms with van der Waals surface area (Å²) in [6, 6.07) is 1.25. The minimum absolute atomic E-state index is 0.118. The van der Waals surface area contributed by atoms with Gasteiger partial charge in [0.15, 0.2) is 5.79 Å². The molecular weight excluding hydrogens is 320 g/mol. The molecule has 2 amide bonds. The first-order valence-corrected chi connectivity index (χ1v) is 8.52. The van der Waals surface area contributed by atoms with E-state index in [-0.39, 0.29) is 12.1 Å². The van der Waals surface area contributed by atoms with Crippen LogP contribution in [0.1, 0.15) is 36.0 Å². The van der Waals surface area contributed by atoms with Crippen LogP contribution >= 0.6 is 11.3 Å². The molecule has 2 aliphatic rings. The molecule has 1 aliphatic carbocycles. The Bertz CT molecular complexity index is 582. The standard InChI is InChI=1S/C15H20N2O5S/c1-20-13(18)10-6-12(23-9-10)17-14(19)16-7-11-8-21-15(22-11)4-2-3-5-15/h6,9,11H,2-5,7-8H2,1H3,(H2,16,17,19)/t11-/m1/s1. The van der Waals surface area contributed by atoms with Crippen molar-refractivity contribution in [2.45, 2.75) is 37.6 Å². The van der Waals surface area contributed by atoms with Gasteiger partial charge in [0, 0.05) is 24.8 Å². The van der Waals surface area contributed by atoms with Gasteiger partial charge in [-0.3, -0.25) is 5.32 Å². The van der Waals surface area contributed by atoms with E-state index in [9.17, 15) is 9.59 Å². The average molecular weight is 340 g/mol. The number of rotatable bonds is 4. The Hall–Kier alpha value is -1.64. The third-order valence-corrected chi connectivity index (χ3v) is 4.87. The number of hydrogen-bond donors (Lipinski definition) is 2. The van der Waals surface area contributed by atoms with Crippen LogP contribution in [-0.2, 0) is 14.2 Å². The Morgan fingerprint density at radius 3 is 2.96 bits per heavy atom. The number of amides is 2. The number of carbonyl (C=O) groups excluding carboxylic acids is 2. The number of anilines is 1. The molecule has 1 aromatic heterocycles. The molecule has 0 bridgehead atoms. The first kappa shape index (κ1) is 16.2. The lowest BCUT2D eigenvalue weighted by Crippen LogP contribution is -2.37. The van der Waals surface area contributed by atoms with Crippen LogP contribution in [0.2, 0.25) is 0 Å². The summed E-state index contributed by atoms with van der Waals surface area (Å²) in [6.07, 6.45) is 4.00. The van der Waals surface area contributed by atoms with Crippen LogP contribution in [0.25, 0.3) is 0 Å². The molecule has 2 fully saturated rings. The molecule has 0 aromatic carbocycles. The second-order valence-corrected chi connectivity index (χ2v) is 6.61. The van der Waals surface area contributed by atoms with E-state index in [0.717, 1.165) is 25.7 Å². The number of urea groups is 1. The fourth-order valence-corrected chi connectivity index (χ4v) is 3.65. The number of methoxy groups -OCH3 is 1. The molecular formula is C15H20N2O5S. The zero-order chi connectivity index (χ0) is 16.3. The molecule has 8 heteroatoms. The Kier molecular flexibility index (Phi) is 4.84. The fraction of sp³-hybridized carbons (Fsp3) is 0.600. The normalized spacial score (nSPS) is 22.2. The molecule has 1 aliphatic heterocycles. The zero-order valence-corrected chi connectivity index (χ0v) is 13.7. The van der Waals surface area contributed by atoms with Crippen LogP contribution in [0.3, 0.4) is 0 Å². The van der Waals surface area contributed by atoms with E-state index < -0.39 is 11.8 Å². The molecule has 0 radical (unpaired) electrons. The van der Waals surface area contributed by atoms with Crippen LogP contribution < -0.4 is 10.6 Å². The highest BCUT2D eigenvalue weighted by atomic mass is 32.1. The van der Waals surface area contributed by atoms with Crippen molar-refractivity contribution in [1.82, 2.24) is 5.32 Å². The SMILES string of the molecule is COC(=O)c1csc(NC(=O)NC[C@@H]2COC3(CCCC3)O2)c1. The molecule has 3 rings (SSSR count). The first-order valence-electron chi connectivity index (χ1n) is 7.64. The predicted molar refractivity (Wildman–Crippen MR) is 84.7 cm³/mol. The van der Waals surface area contributed by atoms with Crippen molar-refractivity contribution in [3.63, 3.8) is 0 Å². The topological polar surface area (TPSA) is 85.9 Å². The average Bonchev–Trinajstić information content (AvgIpc) is 3.28. The maximum Gasteiger partial charge on any atom is 0.338 e. The maximum absolute atomic E-state index is 11.9. The van der Waals surface area contributed by atoms with E-state index >= 15 is 0 Å². The highest BCUT2D eigenvalue weighted by Crippen LogP contribution is 2.38. The van der Waals surface area contributed by atoms with Crippen molar-refractivity contribution < 1.29 is 23.8 Å². The van der Waals surface area contributed by atoms with Crippen LogP contribution in [0.4, 0.5) is 9.80 Å². The van der Waals surface area contributed by atoms with Gasteiger partial charge in [0.1, 0.15) is 6.10 Å². The number of ether oxygens (including phenoxy) is 3. The fourth-order valence-electron chi connectivity index (χ4n) is 2.88. The van der Waals surface area contributed by atoms with E-state index in [1.807, 2.05) is 0 Å². The first-order chi connectivity index (χ1) is 11.1. The third-order valence-electron chi connectivity index (χ3n) is 4.03. The quantitative estimate of drug-likeness (QED) is 0.822. The molecule has 1 aromatic rings. The molecule has 0 unspecified atom stereocenters. The summed E-state index contributed by atoms with van der Waals surface area (Å²) in [5.41, 5.74) is 0.420. The lowest BCUT2D eigenvalue weighted by molar-refractivity contribution is -0.160. The zero-order valence-electron chi connectivity index (χ0n) is 12.9. The van der Waals surface area contributed by atoms with Gasteiger partial charge in [-0.2, -0.15) is 0 Å². The minimum atomic E-state index is -0.423.